The highest BCUT2D eigenvalue weighted by Crippen LogP contribution is 2.30. The van der Waals surface area contributed by atoms with E-state index in [1.54, 1.807) is 24.3 Å². The number of rotatable bonds is 5. The molecular formula is C22H27F3N4O3S. The van der Waals surface area contributed by atoms with Gasteiger partial charge in [-0.25, -0.2) is 13.4 Å². The van der Waals surface area contributed by atoms with E-state index < -0.39 is 21.8 Å². The van der Waals surface area contributed by atoms with Crippen LogP contribution in [0.5, 0.6) is 0 Å². The minimum Gasteiger partial charge on any atom is -0.393 e. The van der Waals surface area contributed by atoms with Crippen molar-refractivity contribution in [3.63, 3.8) is 0 Å². The number of alkyl halides is 3. The van der Waals surface area contributed by atoms with E-state index in [1.807, 2.05) is 0 Å². The van der Waals surface area contributed by atoms with Gasteiger partial charge in [-0.05, 0) is 62.1 Å². The van der Waals surface area contributed by atoms with Crippen molar-refractivity contribution in [2.75, 3.05) is 36.4 Å². The lowest BCUT2D eigenvalue weighted by molar-refractivity contribution is -0.137. The molecule has 2 fully saturated rings. The highest BCUT2D eigenvalue weighted by Gasteiger charge is 2.32. The third-order valence-electron chi connectivity index (χ3n) is 6.20. The summed E-state index contributed by atoms with van der Waals surface area (Å²) in [6.07, 6.45) is -1.46. The van der Waals surface area contributed by atoms with Gasteiger partial charge < -0.3 is 15.3 Å². The Morgan fingerprint density at radius 2 is 1.58 bits per heavy atom. The number of hydrogen-bond acceptors (Lipinski definition) is 6. The molecule has 0 aliphatic carbocycles. The molecule has 4 rings (SSSR count). The van der Waals surface area contributed by atoms with Gasteiger partial charge in [0.1, 0.15) is 5.82 Å². The van der Waals surface area contributed by atoms with Gasteiger partial charge in [0, 0.05) is 44.1 Å². The van der Waals surface area contributed by atoms with Crippen LogP contribution < -0.4 is 10.2 Å². The number of pyridine rings is 1. The Morgan fingerprint density at radius 3 is 2.12 bits per heavy atom. The zero-order chi connectivity index (χ0) is 23.6. The predicted molar refractivity (Wildman–Crippen MR) is 119 cm³/mol. The van der Waals surface area contributed by atoms with Crippen LogP contribution in [0.2, 0.25) is 0 Å². The van der Waals surface area contributed by atoms with E-state index in [-0.39, 0.29) is 17.0 Å². The third kappa shape index (κ3) is 5.59. The molecule has 180 valence electrons. The van der Waals surface area contributed by atoms with Gasteiger partial charge in [0.15, 0.2) is 0 Å². The van der Waals surface area contributed by atoms with Crippen LogP contribution in [0.4, 0.5) is 24.7 Å². The van der Waals surface area contributed by atoms with E-state index in [9.17, 15) is 26.7 Å². The summed E-state index contributed by atoms with van der Waals surface area (Å²) in [5.74, 6) is 0.338. The summed E-state index contributed by atoms with van der Waals surface area (Å²) >= 11 is 0. The first-order valence-electron chi connectivity index (χ1n) is 11.0. The molecule has 33 heavy (non-hydrogen) atoms. The molecule has 2 aliphatic rings. The Hall–Kier alpha value is -2.37. The number of benzene rings is 1. The van der Waals surface area contributed by atoms with Gasteiger partial charge in [0.05, 0.1) is 16.6 Å². The molecule has 1 aromatic heterocycles. The second-order valence-electron chi connectivity index (χ2n) is 8.46. The van der Waals surface area contributed by atoms with Crippen molar-refractivity contribution in [3.8, 4) is 0 Å². The van der Waals surface area contributed by atoms with Crippen LogP contribution in [-0.2, 0) is 16.2 Å². The molecule has 2 aliphatic heterocycles. The van der Waals surface area contributed by atoms with E-state index >= 15 is 0 Å². The fourth-order valence-corrected chi connectivity index (χ4v) is 5.67. The third-order valence-corrected chi connectivity index (χ3v) is 8.11. The average Bonchev–Trinajstić information content (AvgIpc) is 2.80. The smallest absolute Gasteiger partial charge is 0.393 e. The molecule has 7 nitrogen and oxygen atoms in total. The van der Waals surface area contributed by atoms with Crippen LogP contribution in [-0.4, -0.2) is 61.1 Å². The molecule has 11 heteroatoms. The minimum atomic E-state index is -4.43. The quantitative estimate of drug-likeness (QED) is 0.677. The first-order valence-corrected chi connectivity index (χ1v) is 12.4. The number of sulfonamides is 1. The molecule has 1 aromatic carbocycles. The molecule has 2 aromatic rings. The zero-order valence-electron chi connectivity index (χ0n) is 18.0. The van der Waals surface area contributed by atoms with Gasteiger partial charge >= 0.3 is 6.18 Å². The summed E-state index contributed by atoms with van der Waals surface area (Å²) < 4.78 is 65.6. The average molecular weight is 485 g/mol. The van der Waals surface area contributed by atoms with Crippen molar-refractivity contribution in [2.45, 2.75) is 48.9 Å². The monoisotopic (exact) mass is 484 g/mol. The molecule has 0 amide bonds. The normalized spacial score (nSPS) is 19.6. The lowest BCUT2D eigenvalue weighted by atomic mass is 10.1. The fourth-order valence-electron chi connectivity index (χ4n) is 4.20. The highest BCUT2D eigenvalue weighted by molar-refractivity contribution is 7.89. The van der Waals surface area contributed by atoms with Crippen LogP contribution in [0.15, 0.2) is 47.5 Å². The van der Waals surface area contributed by atoms with Crippen LogP contribution in [0.1, 0.15) is 31.2 Å². The Morgan fingerprint density at radius 1 is 0.939 bits per heavy atom. The molecular weight excluding hydrogens is 457 g/mol. The van der Waals surface area contributed by atoms with E-state index in [1.165, 1.54) is 10.4 Å². The molecule has 3 heterocycles. The maximum Gasteiger partial charge on any atom is 0.417 e. The van der Waals surface area contributed by atoms with Crippen LogP contribution in [0, 0.1) is 0 Å². The number of halogens is 3. The van der Waals surface area contributed by atoms with E-state index in [0.29, 0.717) is 44.6 Å². The lowest BCUT2D eigenvalue weighted by Gasteiger charge is -2.33. The van der Waals surface area contributed by atoms with Gasteiger partial charge in [-0.1, -0.05) is 0 Å². The molecule has 0 saturated carbocycles. The van der Waals surface area contributed by atoms with Crippen molar-refractivity contribution in [1.29, 1.82) is 0 Å². The summed E-state index contributed by atoms with van der Waals surface area (Å²) in [5, 5.41) is 12.7. The van der Waals surface area contributed by atoms with Gasteiger partial charge in [-0.2, -0.15) is 17.5 Å². The number of piperidine rings is 2. The topological polar surface area (TPSA) is 85.8 Å². The van der Waals surface area contributed by atoms with Gasteiger partial charge in [0.2, 0.25) is 10.0 Å². The standard InChI is InChI=1S/C22H27F3N4O3S/c23-22(24,25)16-1-6-21(26-15-16)27-17-7-13-29(14-8-17)33(31,32)20-4-2-18(3-5-20)28-11-9-19(30)10-12-28/h1-6,15,17,19,30H,7-14H2,(H,26,27). The van der Waals surface area contributed by atoms with Gasteiger partial charge in [-0.15, -0.1) is 0 Å². The summed E-state index contributed by atoms with van der Waals surface area (Å²) in [7, 11) is -3.63. The molecule has 2 saturated heterocycles. The van der Waals surface area contributed by atoms with E-state index in [0.717, 1.165) is 31.0 Å². The molecule has 0 radical (unpaired) electrons. The minimum absolute atomic E-state index is 0.0717. The van der Waals surface area contributed by atoms with Crippen molar-refractivity contribution >= 4 is 21.5 Å². The largest absolute Gasteiger partial charge is 0.417 e. The van der Waals surface area contributed by atoms with Gasteiger partial charge in [0.25, 0.3) is 0 Å². The summed E-state index contributed by atoms with van der Waals surface area (Å²) in [6.45, 7) is 2.10. The summed E-state index contributed by atoms with van der Waals surface area (Å²) in [4.78, 5) is 6.19. The van der Waals surface area contributed by atoms with Crippen LogP contribution in [0.3, 0.4) is 0 Å². The zero-order valence-corrected chi connectivity index (χ0v) is 18.8. The van der Waals surface area contributed by atoms with E-state index in [2.05, 4.69) is 15.2 Å². The van der Waals surface area contributed by atoms with Crippen molar-refractivity contribution in [2.24, 2.45) is 0 Å². The fraction of sp³-hybridized carbons (Fsp3) is 0.500. The Labute approximate surface area is 191 Å². The summed E-state index contributed by atoms with van der Waals surface area (Å²) in [6, 6.07) is 9.03. The van der Waals surface area contributed by atoms with Crippen molar-refractivity contribution < 1.29 is 26.7 Å². The van der Waals surface area contributed by atoms with E-state index in [4.69, 9.17) is 0 Å². The maximum atomic E-state index is 13.1. The van der Waals surface area contributed by atoms with Gasteiger partial charge in [-0.3, -0.25) is 0 Å². The number of nitrogens with zero attached hydrogens (tertiary/aromatic N) is 3. The van der Waals surface area contributed by atoms with Crippen molar-refractivity contribution in [3.05, 3.63) is 48.2 Å². The second-order valence-corrected chi connectivity index (χ2v) is 10.4. The number of anilines is 2. The molecule has 0 atom stereocenters. The number of aliphatic hydroxyl groups is 1. The van der Waals surface area contributed by atoms with Crippen LogP contribution in [0.25, 0.3) is 0 Å². The summed E-state index contributed by atoms with van der Waals surface area (Å²) in [5.41, 5.74) is 0.130. The maximum absolute atomic E-state index is 13.1. The number of hydrogen-bond donors (Lipinski definition) is 2. The first kappa shape index (κ1) is 23.8. The van der Waals surface area contributed by atoms with Crippen LogP contribution >= 0.6 is 0 Å². The molecule has 2 N–H and O–H groups in total. The predicted octanol–water partition coefficient (Wildman–Crippen LogP) is 3.33. The molecule has 0 spiro atoms. The Bertz CT molecular complexity index is 1030. The molecule has 0 bridgehead atoms. The van der Waals surface area contributed by atoms with Crippen molar-refractivity contribution in [1.82, 2.24) is 9.29 Å². The number of nitrogens with one attached hydrogen (secondary N) is 1. The first-order chi connectivity index (χ1) is 15.6. The Balaban J connectivity index is 1.33. The highest BCUT2D eigenvalue weighted by atomic mass is 32.2. The molecule has 0 unspecified atom stereocenters. The lowest BCUT2D eigenvalue weighted by Crippen LogP contribution is -2.42. The Kier molecular flexibility index (Phi) is 6.83. The number of aliphatic hydroxyl groups excluding tert-OH is 1. The number of aromatic nitrogens is 1. The SMILES string of the molecule is O=S(=O)(c1ccc(N2CCC(O)CC2)cc1)N1CCC(Nc2ccc(C(F)(F)F)cn2)CC1. The second kappa shape index (κ2) is 9.47.